The molecule has 19 heavy (non-hydrogen) atoms. The Balaban J connectivity index is 0.00000180. The summed E-state index contributed by atoms with van der Waals surface area (Å²) in [4.78, 5) is 11.8. The Kier molecular flexibility index (Phi) is 7.68. The van der Waals surface area contributed by atoms with Crippen LogP contribution in [0.5, 0.6) is 0 Å². The first-order chi connectivity index (χ1) is 8.75. The molecule has 5 nitrogen and oxygen atoms in total. The van der Waals surface area contributed by atoms with Gasteiger partial charge in [0.05, 0.1) is 12.7 Å². The average molecular weight is 293 g/mol. The zero-order valence-electron chi connectivity index (χ0n) is 11.3. The molecule has 0 radical (unpaired) electrons. The van der Waals surface area contributed by atoms with E-state index in [0.29, 0.717) is 19.8 Å². The Morgan fingerprint density at radius 3 is 2.84 bits per heavy atom. The number of hydrogen-bond donors (Lipinski definition) is 2. The van der Waals surface area contributed by atoms with Gasteiger partial charge in [0.25, 0.3) is 0 Å². The third-order valence-corrected chi connectivity index (χ3v) is 3.71. The fraction of sp³-hybridized carbons (Fsp3) is 0.923. The Hall–Kier alpha value is -0.360. The van der Waals surface area contributed by atoms with Crippen LogP contribution in [-0.4, -0.2) is 44.4 Å². The van der Waals surface area contributed by atoms with E-state index in [-0.39, 0.29) is 36.4 Å². The molecule has 2 fully saturated rings. The first kappa shape index (κ1) is 16.7. The van der Waals surface area contributed by atoms with Crippen LogP contribution < -0.4 is 11.1 Å². The van der Waals surface area contributed by atoms with Crippen LogP contribution >= 0.6 is 12.4 Å². The van der Waals surface area contributed by atoms with E-state index >= 15 is 0 Å². The van der Waals surface area contributed by atoms with E-state index < -0.39 is 0 Å². The van der Waals surface area contributed by atoms with Gasteiger partial charge in [0.1, 0.15) is 0 Å². The minimum Gasteiger partial charge on any atom is -0.379 e. The van der Waals surface area contributed by atoms with Crippen LogP contribution in [0.1, 0.15) is 32.1 Å². The maximum absolute atomic E-state index is 11.8. The lowest BCUT2D eigenvalue weighted by Gasteiger charge is -2.12. The highest BCUT2D eigenvalue weighted by Gasteiger charge is 2.27. The molecule has 3 N–H and O–H groups in total. The minimum absolute atomic E-state index is 0. The molecule has 1 aliphatic carbocycles. The number of ether oxygens (including phenoxy) is 2. The number of hydrogen-bond acceptors (Lipinski definition) is 4. The molecule has 2 rings (SSSR count). The third-order valence-electron chi connectivity index (χ3n) is 3.71. The maximum atomic E-state index is 11.8. The van der Waals surface area contributed by atoms with Gasteiger partial charge in [-0.15, -0.1) is 12.4 Å². The second kappa shape index (κ2) is 8.74. The maximum Gasteiger partial charge on any atom is 0.223 e. The number of halogens is 1. The molecule has 112 valence electrons. The van der Waals surface area contributed by atoms with Crippen LogP contribution in [0.2, 0.25) is 0 Å². The quantitative estimate of drug-likeness (QED) is 0.712. The first-order valence-electron chi connectivity index (χ1n) is 6.98. The van der Waals surface area contributed by atoms with Gasteiger partial charge in [0.15, 0.2) is 0 Å². The van der Waals surface area contributed by atoms with Crippen LogP contribution in [0, 0.1) is 5.92 Å². The van der Waals surface area contributed by atoms with Gasteiger partial charge in [-0.25, -0.2) is 0 Å². The van der Waals surface area contributed by atoms with Crippen molar-refractivity contribution in [3.05, 3.63) is 0 Å². The molecular formula is C13H25ClN2O3. The summed E-state index contributed by atoms with van der Waals surface area (Å²) in [7, 11) is 0. The Labute approximate surface area is 121 Å². The number of amides is 1. The number of carbonyl (C=O) groups excluding carboxylic acids is 1. The smallest absolute Gasteiger partial charge is 0.223 e. The lowest BCUT2D eigenvalue weighted by molar-refractivity contribution is -0.124. The van der Waals surface area contributed by atoms with Crippen molar-refractivity contribution in [2.45, 2.75) is 44.2 Å². The normalized spacial score (nSPS) is 30.1. The summed E-state index contributed by atoms with van der Waals surface area (Å²) >= 11 is 0. The standard InChI is InChI=1S/C13H24N2O3.ClH/c14-11-3-2-10(8-11)13(16)15-5-1-6-18-12-4-7-17-9-12;/h10-12H,1-9,14H2,(H,15,16);1H. The summed E-state index contributed by atoms with van der Waals surface area (Å²) in [6, 6.07) is 0.214. The molecule has 1 saturated carbocycles. The van der Waals surface area contributed by atoms with Gasteiger partial charge >= 0.3 is 0 Å². The molecular weight excluding hydrogens is 268 g/mol. The number of rotatable bonds is 6. The van der Waals surface area contributed by atoms with Gasteiger partial charge in [-0.05, 0) is 32.1 Å². The van der Waals surface area contributed by atoms with Gasteiger partial charge in [-0.3, -0.25) is 4.79 Å². The van der Waals surface area contributed by atoms with Gasteiger partial charge in [0.2, 0.25) is 5.91 Å². The molecule has 0 spiro atoms. The molecule has 1 aliphatic heterocycles. The topological polar surface area (TPSA) is 73.6 Å². The van der Waals surface area contributed by atoms with E-state index in [9.17, 15) is 4.79 Å². The predicted molar refractivity (Wildman–Crippen MR) is 75.4 cm³/mol. The van der Waals surface area contributed by atoms with Crippen molar-refractivity contribution in [3.8, 4) is 0 Å². The van der Waals surface area contributed by atoms with Gasteiger partial charge in [-0.1, -0.05) is 0 Å². The lowest BCUT2D eigenvalue weighted by Crippen LogP contribution is -2.31. The van der Waals surface area contributed by atoms with Crippen molar-refractivity contribution in [1.29, 1.82) is 0 Å². The van der Waals surface area contributed by atoms with Gasteiger partial charge in [-0.2, -0.15) is 0 Å². The highest BCUT2D eigenvalue weighted by atomic mass is 35.5. The molecule has 1 saturated heterocycles. The van der Waals surface area contributed by atoms with E-state index in [4.69, 9.17) is 15.2 Å². The first-order valence-corrected chi connectivity index (χ1v) is 6.98. The van der Waals surface area contributed by atoms with Crippen LogP contribution in [0.4, 0.5) is 0 Å². The minimum atomic E-state index is 0. The molecule has 0 aromatic rings. The molecule has 3 atom stereocenters. The van der Waals surface area contributed by atoms with Crippen LogP contribution in [0.3, 0.4) is 0 Å². The Morgan fingerprint density at radius 2 is 2.21 bits per heavy atom. The summed E-state index contributed by atoms with van der Waals surface area (Å²) in [5.41, 5.74) is 5.80. The summed E-state index contributed by atoms with van der Waals surface area (Å²) in [6.45, 7) is 2.91. The molecule has 6 heteroatoms. The summed E-state index contributed by atoms with van der Waals surface area (Å²) in [5, 5.41) is 2.96. The molecule has 2 aliphatic rings. The zero-order chi connectivity index (χ0) is 12.8. The SMILES string of the molecule is Cl.NC1CCC(C(=O)NCCCOC2CCOC2)C1. The van der Waals surface area contributed by atoms with E-state index in [0.717, 1.165) is 38.7 Å². The van der Waals surface area contributed by atoms with E-state index in [1.807, 2.05) is 0 Å². The second-order valence-corrected chi connectivity index (χ2v) is 5.27. The van der Waals surface area contributed by atoms with Gasteiger partial charge in [0, 0.05) is 31.7 Å². The second-order valence-electron chi connectivity index (χ2n) is 5.27. The van der Waals surface area contributed by atoms with Crippen molar-refractivity contribution in [2.75, 3.05) is 26.4 Å². The summed E-state index contributed by atoms with van der Waals surface area (Å²) < 4.78 is 10.9. The van der Waals surface area contributed by atoms with Crippen molar-refractivity contribution in [3.63, 3.8) is 0 Å². The van der Waals surface area contributed by atoms with E-state index in [1.165, 1.54) is 0 Å². The van der Waals surface area contributed by atoms with Crippen LogP contribution in [0.25, 0.3) is 0 Å². The van der Waals surface area contributed by atoms with Crippen molar-refractivity contribution < 1.29 is 14.3 Å². The Morgan fingerprint density at radius 1 is 1.37 bits per heavy atom. The molecule has 3 unspecified atom stereocenters. The van der Waals surface area contributed by atoms with Gasteiger partial charge < -0.3 is 20.5 Å². The molecule has 0 aromatic carbocycles. The van der Waals surface area contributed by atoms with E-state index in [2.05, 4.69) is 5.32 Å². The molecule has 0 aromatic heterocycles. The number of nitrogens with one attached hydrogen (secondary N) is 1. The zero-order valence-corrected chi connectivity index (χ0v) is 12.1. The number of nitrogens with two attached hydrogens (primary N) is 1. The largest absolute Gasteiger partial charge is 0.379 e. The van der Waals surface area contributed by atoms with Crippen molar-refractivity contribution >= 4 is 18.3 Å². The molecule has 1 amide bonds. The average Bonchev–Trinajstić information content (AvgIpc) is 2.99. The highest BCUT2D eigenvalue weighted by Crippen LogP contribution is 2.23. The van der Waals surface area contributed by atoms with Crippen LogP contribution in [-0.2, 0) is 14.3 Å². The molecule has 1 heterocycles. The summed E-state index contributed by atoms with van der Waals surface area (Å²) in [6.07, 6.45) is 4.86. The van der Waals surface area contributed by atoms with Crippen molar-refractivity contribution in [2.24, 2.45) is 11.7 Å². The molecule has 0 bridgehead atoms. The van der Waals surface area contributed by atoms with Crippen LogP contribution in [0.15, 0.2) is 0 Å². The van der Waals surface area contributed by atoms with E-state index in [1.54, 1.807) is 0 Å². The third kappa shape index (κ3) is 5.65. The fourth-order valence-corrected chi connectivity index (χ4v) is 2.58. The predicted octanol–water partition coefficient (Wildman–Crippen LogP) is 0.847. The highest BCUT2D eigenvalue weighted by molar-refractivity contribution is 5.85. The van der Waals surface area contributed by atoms with Crippen molar-refractivity contribution in [1.82, 2.24) is 5.32 Å². The monoisotopic (exact) mass is 292 g/mol. The Bertz CT molecular complexity index is 273. The lowest BCUT2D eigenvalue weighted by atomic mass is 10.1. The number of carbonyl (C=O) groups is 1. The fourth-order valence-electron chi connectivity index (χ4n) is 2.58. The summed E-state index contributed by atoms with van der Waals surface area (Å²) in [5.74, 6) is 0.288.